The number of halogens is 1. The summed E-state index contributed by atoms with van der Waals surface area (Å²) in [4.78, 5) is 9.01. The highest BCUT2D eigenvalue weighted by atomic mass is 19.1. The van der Waals surface area contributed by atoms with Crippen molar-refractivity contribution in [1.29, 1.82) is 0 Å². The van der Waals surface area contributed by atoms with Crippen LogP contribution in [0.2, 0.25) is 0 Å². The van der Waals surface area contributed by atoms with Gasteiger partial charge in [0.1, 0.15) is 11.6 Å². The van der Waals surface area contributed by atoms with Crippen LogP contribution in [0.15, 0.2) is 47.0 Å². The fourth-order valence-electron chi connectivity index (χ4n) is 3.02. The Hall–Kier alpha value is -3.02. The van der Waals surface area contributed by atoms with Crippen LogP contribution in [0.4, 0.5) is 4.39 Å². The van der Waals surface area contributed by atoms with Gasteiger partial charge < -0.3 is 9.09 Å². The Morgan fingerprint density at radius 3 is 2.76 bits per heavy atom. The molecule has 0 unspecified atom stereocenters. The van der Waals surface area contributed by atoms with Crippen molar-refractivity contribution in [2.75, 3.05) is 0 Å². The quantitative estimate of drug-likeness (QED) is 0.563. The van der Waals surface area contributed by atoms with Gasteiger partial charge in [-0.1, -0.05) is 17.3 Å². The van der Waals surface area contributed by atoms with Gasteiger partial charge in [0.2, 0.25) is 0 Å². The monoisotopic (exact) mass is 336 g/mol. The number of fused-ring (bicyclic) bond motifs is 1. The fourth-order valence-corrected chi connectivity index (χ4v) is 3.02. The van der Waals surface area contributed by atoms with E-state index in [1.54, 1.807) is 6.07 Å². The molecule has 2 aromatic heterocycles. The number of hydrogen-bond acceptors (Lipinski definition) is 4. The van der Waals surface area contributed by atoms with Crippen molar-refractivity contribution < 1.29 is 8.91 Å². The normalized spacial score (nSPS) is 11.3. The average Bonchev–Trinajstić information content (AvgIpc) is 3.17. The molecule has 0 radical (unpaired) electrons. The minimum Gasteiger partial charge on any atom is -0.334 e. The second-order valence-electron chi connectivity index (χ2n) is 6.02. The van der Waals surface area contributed by atoms with Gasteiger partial charge in [0.25, 0.3) is 5.89 Å². The predicted octanol–water partition coefficient (Wildman–Crippen LogP) is 4.08. The van der Waals surface area contributed by atoms with Crippen LogP contribution >= 0.6 is 0 Å². The van der Waals surface area contributed by atoms with Crippen LogP contribution < -0.4 is 0 Å². The van der Waals surface area contributed by atoms with E-state index >= 15 is 0 Å². The first-order valence-electron chi connectivity index (χ1n) is 8.13. The van der Waals surface area contributed by atoms with E-state index in [2.05, 4.69) is 25.8 Å². The number of imidazole rings is 1. The van der Waals surface area contributed by atoms with Crippen LogP contribution in [-0.4, -0.2) is 19.7 Å². The number of rotatable bonds is 4. The zero-order chi connectivity index (χ0) is 17.4. The van der Waals surface area contributed by atoms with Crippen LogP contribution in [0.1, 0.15) is 17.2 Å². The molecular weight excluding hydrogens is 319 g/mol. The van der Waals surface area contributed by atoms with E-state index in [1.165, 1.54) is 12.1 Å². The molecular formula is C19H17FN4O. The third-order valence-electron chi connectivity index (χ3n) is 4.29. The summed E-state index contributed by atoms with van der Waals surface area (Å²) < 4.78 is 20.7. The largest absolute Gasteiger partial charge is 0.334 e. The van der Waals surface area contributed by atoms with Crippen LogP contribution in [-0.2, 0) is 13.0 Å². The lowest BCUT2D eigenvalue weighted by Crippen LogP contribution is -2.04. The lowest BCUT2D eigenvalue weighted by atomic mass is 10.1. The molecule has 2 aromatic carbocycles. The maximum Gasteiger partial charge on any atom is 0.258 e. The van der Waals surface area contributed by atoms with Crippen LogP contribution in [0.5, 0.6) is 0 Å². The Morgan fingerprint density at radius 2 is 1.92 bits per heavy atom. The Morgan fingerprint density at radius 1 is 1.08 bits per heavy atom. The highest BCUT2D eigenvalue weighted by molar-refractivity contribution is 5.75. The third kappa shape index (κ3) is 2.91. The Balaban J connectivity index is 1.56. The number of nitrogens with zero attached hydrogens (tertiary/aromatic N) is 4. The first kappa shape index (κ1) is 15.5. The minimum absolute atomic E-state index is 0.275. The average molecular weight is 336 g/mol. The van der Waals surface area contributed by atoms with Gasteiger partial charge in [-0.05, 0) is 49.7 Å². The van der Waals surface area contributed by atoms with Gasteiger partial charge in [-0.25, -0.2) is 9.37 Å². The fraction of sp³-hybridized carbons (Fsp3) is 0.211. The summed E-state index contributed by atoms with van der Waals surface area (Å²) in [5.41, 5.74) is 3.60. The van der Waals surface area contributed by atoms with Crippen molar-refractivity contribution in [3.05, 3.63) is 65.5 Å². The summed E-state index contributed by atoms with van der Waals surface area (Å²) in [7, 11) is 0. The molecule has 0 spiro atoms. The SMILES string of the molecule is Cc1cc(F)ccc1-c1nc(CCn2c(C)nc3ccccc32)no1. The van der Waals surface area contributed by atoms with Gasteiger partial charge in [-0.15, -0.1) is 0 Å². The Bertz CT molecular complexity index is 1050. The van der Waals surface area contributed by atoms with E-state index in [4.69, 9.17) is 4.52 Å². The smallest absolute Gasteiger partial charge is 0.258 e. The van der Waals surface area contributed by atoms with E-state index in [-0.39, 0.29) is 5.82 Å². The van der Waals surface area contributed by atoms with Crippen LogP contribution in [0.3, 0.4) is 0 Å². The summed E-state index contributed by atoms with van der Waals surface area (Å²) in [6.07, 6.45) is 0.630. The summed E-state index contributed by atoms with van der Waals surface area (Å²) >= 11 is 0. The molecule has 0 fully saturated rings. The molecule has 25 heavy (non-hydrogen) atoms. The van der Waals surface area contributed by atoms with Crippen molar-refractivity contribution in [3.63, 3.8) is 0 Å². The van der Waals surface area contributed by atoms with Crippen molar-refractivity contribution in [2.24, 2.45) is 0 Å². The van der Waals surface area contributed by atoms with Crippen molar-refractivity contribution in [3.8, 4) is 11.5 Å². The van der Waals surface area contributed by atoms with E-state index in [9.17, 15) is 4.39 Å². The first-order valence-corrected chi connectivity index (χ1v) is 8.13. The maximum absolute atomic E-state index is 13.2. The van der Waals surface area contributed by atoms with E-state index < -0.39 is 0 Å². The topological polar surface area (TPSA) is 56.7 Å². The Kier molecular flexibility index (Phi) is 3.80. The van der Waals surface area contributed by atoms with Gasteiger partial charge in [-0.3, -0.25) is 0 Å². The molecule has 0 aliphatic rings. The highest BCUT2D eigenvalue weighted by Crippen LogP contribution is 2.23. The zero-order valence-corrected chi connectivity index (χ0v) is 14.0. The molecule has 0 amide bonds. The molecule has 4 rings (SSSR count). The number of aryl methyl sites for hydroxylation is 4. The molecule has 0 aliphatic carbocycles. The standard InChI is InChI=1S/C19H17FN4O/c1-12-11-14(20)7-8-15(12)19-22-18(23-25-19)9-10-24-13(2)21-16-5-3-4-6-17(16)24/h3-8,11H,9-10H2,1-2H3. The third-order valence-corrected chi connectivity index (χ3v) is 4.29. The zero-order valence-electron chi connectivity index (χ0n) is 14.0. The molecule has 0 saturated carbocycles. The van der Waals surface area contributed by atoms with Crippen LogP contribution in [0.25, 0.3) is 22.5 Å². The molecule has 0 atom stereocenters. The number of benzene rings is 2. The molecule has 0 saturated heterocycles. The van der Waals surface area contributed by atoms with Crippen LogP contribution in [0, 0.1) is 19.7 Å². The lowest BCUT2D eigenvalue weighted by Gasteiger charge is -2.04. The molecule has 5 nitrogen and oxygen atoms in total. The molecule has 0 N–H and O–H groups in total. The van der Waals surface area contributed by atoms with Gasteiger partial charge in [0.15, 0.2) is 5.82 Å². The maximum atomic E-state index is 13.2. The first-order chi connectivity index (χ1) is 12.1. The van der Waals surface area contributed by atoms with E-state index in [0.29, 0.717) is 24.7 Å². The second-order valence-corrected chi connectivity index (χ2v) is 6.02. The van der Waals surface area contributed by atoms with E-state index in [0.717, 1.165) is 28.0 Å². The van der Waals surface area contributed by atoms with E-state index in [1.807, 2.05) is 32.0 Å². The summed E-state index contributed by atoms with van der Waals surface area (Å²) in [5.74, 6) is 1.72. The van der Waals surface area contributed by atoms with Gasteiger partial charge in [-0.2, -0.15) is 4.98 Å². The molecule has 6 heteroatoms. The summed E-state index contributed by atoms with van der Waals surface area (Å²) in [6, 6.07) is 12.6. The van der Waals surface area contributed by atoms with Crippen molar-refractivity contribution in [1.82, 2.24) is 19.7 Å². The second kappa shape index (κ2) is 6.12. The number of para-hydroxylation sites is 2. The van der Waals surface area contributed by atoms with Gasteiger partial charge in [0, 0.05) is 18.5 Å². The van der Waals surface area contributed by atoms with Crippen molar-refractivity contribution in [2.45, 2.75) is 26.8 Å². The highest BCUT2D eigenvalue weighted by Gasteiger charge is 2.13. The Labute approximate surface area is 144 Å². The van der Waals surface area contributed by atoms with Gasteiger partial charge >= 0.3 is 0 Å². The van der Waals surface area contributed by atoms with Crippen molar-refractivity contribution >= 4 is 11.0 Å². The number of aromatic nitrogens is 4. The molecule has 0 aliphatic heterocycles. The minimum atomic E-state index is -0.275. The van der Waals surface area contributed by atoms with Gasteiger partial charge in [0.05, 0.1) is 11.0 Å². The molecule has 4 aromatic rings. The summed E-state index contributed by atoms with van der Waals surface area (Å²) in [6.45, 7) is 4.53. The molecule has 2 heterocycles. The molecule has 0 bridgehead atoms. The number of hydrogen-bond donors (Lipinski definition) is 0. The molecule has 126 valence electrons. The summed E-state index contributed by atoms with van der Waals surface area (Å²) in [5, 5.41) is 4.05. The lowest BCUT2D eigenvalue weighted by molar-refractivity contribution is 0.420. The predicted molar refractivity (Wildman–Crippen MR) is 92.6 cm³/mol.